The van der Waals surface area contributed by atoms with Gasteiger partial charge < -0.3 is 4.74 Å². The van der Waals surface area contributed by atoms with Crippen LogP contribution >= 0.6 is 0 Å². The number of rotatable bonds is 2. The van der Waals surface area contributed by atoms with E-state index in [1.165, 1.54) is 6.92 Å². The lowest BCUT2D eigenvalue weighted by Gasteiger charge is -2.62. The molecule has 0 bridgehead atoms. The number of esters is 1. The smallest absolute Gasteiger partial charge is 0.302 e. The molecule has 4 rings (SSSR count). The molecule has 8 atom stereocenters. The molecule has 0 aliphatic heterocycles. The molecule has 150 valence electrons. The zero-order chi connectivity index (χ0) is 19.6. The van der Waals surface area contributed by atoms with Gasteiger partial charge in [-0.05, 0) is 74.0 Å². The van der Waals surface area contributed by atoms with Crippen molar-refractivity contribution in [3.63, 3.8) is 0 Å². The van der Waals surface area contributed by atoms with E-state index in [9.17, 15) is 14.4 Å². The second-order valence-corrected chi connectivity index (χ2v) is 10.4. The van der Waals surface area contributed by atoms with Gasteiger partial charge in [0.05, 0.1) is 0 Å². The number of hydrogen-bond donors (Lipinski definition) is 0. The Labute approximate surface area is 162 Å². The third-order valence-electron chi connectivity index (χ3n) is 9.20. The largest absolute Gasteiger partial charge is 0.462 e. The summed E-state index contributed by atoms with van der Waals surface area (Å²) in [4.78, 5) is 36.5. The second kappa shape index (κ2) is 6.42. The minimum Gasteiger partial charge on any atom is -0.462 e. The molecule has 27 heavy (non-hydrogen) atoms. The van der Waals surface area contributed by atoms with Gasteiger partial charge in [0.15, 0.2) is 0 Å². The van der Waals surface area contributed by atoms with Crippen molar-refractivity contribution in [3.8, 4) is 0 Å². The van der Waals surface area contributed by atoms with E-state index >= 15 is 0 Å². The van der Waals surface area contributed by atoms with Gasteiger partial charge in [0.1, 0.15) is 17.7 Å². The van der Waals surface area contributed by atoms with E-state index in [1.807, 2.05) is 0 Å². The fraction of sp³-hybridized carbons (Fsp3) is 0.870. The Morgan fingerprint density at radius 2 is 1.78 bits per heavy atom. The predicted octanol–water partition coefficient (Wildman–Crippen LogP) is 4.35. The first-order valence-electron chi connectivity index (χ1n) is 10.9. The van der Waals surface area contributed by atoms with Crippen LogP contribution in [0.25, 0.3) is 0 Å². The Hall–Kier alpha value is -1.19. The summed E-state index contributed by atoms with van der Waals surface area (Å²) in [6.45, 7) is 7.88. The van der Waals surface area contributed by atoms with Crippen molar-refractivity contribution in [2.75, 3.05) is 0 Å². The van der Waals surface area contributed by atoms with Gasteiger partial charge in [-0.2, -0.15) is 0 Å². The topological polar surface area (TPSA) is 60.4 Å². The molecule has 0 radical (unpaired) electrons. The highest BCUT2D eigenvalue weighted by molar-refractivity contribution is 5.80. The Morgan fingerprint density at radius 1 is 1.04 bits per heavy atom. The average molecular weight is 375 g/mol. The second-order valence-electron chi connectivity index (χ2n) is 10.4. The number of carbonyl (C=O) groups excluding carboxylic acids is 3. The van der Waals surface area contributed by atoms with Crippen LogP contribution in [0.4, 0.5) is 0 Å². The van der Waals surface area contributed by atoms with E-state index in [0.717, 1.165) is 38.5 Å². The lowest BCUT2D eigenvalue weighted by atomic mass is 9.44. The molecule has 0 aromatic carbocycles. The molecular formula is C23H34O4. The third-order valence-corrected chi connectivity index (χ3v) is 9.20. The highest BCUT2D eigenvalue weighted by Crippen LogP contribution is 2.67. The summed E-state index contributed by atoms with van der Waals surface area (Å²) < 4.78 is 5.97. The molecule has 0 spiro atoms. The lowest BCUT2D eigenvalue weighted by molar-refractivity contribution is -0.193. The molecule has 0 heterocycles. The zero-order valence-corrected chi connectivity index (χ0v) is 17.3. The van der Waals surface area contributed by atoms with E-state index < -0.39 is 0 Å². The summed E-state index contributed by atoms with van der Waals surface area (Å²) >= 11 is 0. The minimum absolute atomic E-state index is 0.0548. The van der Waals surface area contributed by atoms with Crippen molar-refractivity contribution in [3.05, 3.63) is 0 Å². The molecule has 0 N–H and O–H groups in total. The molecule has 0 unspecified atom stereocenters. The van der Waals surface area contributed by atoms with Crippen LogP contribution in [0.3, 0.4) is 0 Å². The lowest BCUT2D eigenvalue weighted by Crippen LogP contribution is -2.60. The van der Waals surface area contributed by atoms with E-state index in [0.29, 0.717) is 48.1 Å². The van der Waals surface area contributed by atoms with Crippen molar-refractivity contribution in [1.82, 2.24) is 0 Å². The Bertz CT molecular complexity index is 669. The van der Waals surface area contributed by atoms with Crippen LogP contribution in [0.1, 0.15) is 79.1 Å². The summed E-state index contributed by atoms with van der Waals surface area (Å²) in [6, 6.07) is 0. The van der Waals surface area contributed by atoms with E-state index in [1.54, 1.807) is 6.92 Å². The fourth-order valence-electron chi connectivity index (χ4n) is 8.12. The van der Waals surface area contributed by atoms with E-state index in [-0.39, 0.29) is 28.8 Å². The fourth-order valence-corrected chi connectivity index (χ4v) is 8.12. The predicted molar refractivity (Wildman–Crippen MR) is 102 cm³/mol. The monoisotopic (exact) mass is 374 g/mol. The number of hydrogen-bond acceptors (Lipinski definition) is 4. The molecule has 4 heteroatoms. The normalized spacial score (nSPS) is 49.0. The Kier molecular flexibility index (Phi) is 4.55. The summed E-state index contributed by atoms with van der Waals surface area (Å²) in [5.41, 5.74) is 0.0212. The molecule has 4 saturated carbocycles. The summed E-state index contributed by atoms with van der Waals surface area (Å²) in [6.07, 6.45) is 7.29. The third kappa shape index (κ3) is 2.81. The maximum absolute atomic E-state index is 12.4. The van der Waals surface area contributed by atoms with Crippen molar-refractivity contribution in [2.45, 2.75) is 85.2 Å². The number of carbonyl (C=O) groups is 3. The molecule has 4 aliphatic rings. The molecule has 0 aromatic rings. The number of Topliss-reactive ketones (excluding diaryl/α,β-unsaturated/α-hetero) is 2. The van der Waals surface area contributed by atoms with Crippen molar-refractivity contribution in [2.24, 2.45) is 40.4 Å². The van der Waals surface area contributed by atoms with Gasteiger partial charge in [0.25, 0.3) is 0 Å². The Morgan fingerprint density at radius 3 is 2.44 bits per heavy atom. The van der Waals surface area contributed by atoms with Crippen LogP contribution < -0.4 is 0 Å². The van der Waals surface area contributed by atoms with Crippen LogP contribution in [-0.4, -0.2) is 23.6 Å². The first-order valence-corrected chi connectivity index (χ1v) is 10.9. The van der Waals surface area contributed by atoms with E-state index in [4.69, 9.17) is 4.74 Å². The van der Waals surface area contributed by atoms with Gasteiger partial charge in [-0.3, -0.25) is 14.4 Å². The molecular weight excluding hydrogens is 340 g/mol. The molecule has 0 saturated heterocycles. The van der Waals surface area contributed by atoms with Crippen molar-refractivity contribution in [1.29, 1.82) is 0 Å². The summed E-state index contributed by atoms with van der Waals surface area (Å²) in [5, 5.41) is 0. The highest BCUT2D eigenvalue weighted by Gasteiger charge is 2.64. The standard InChI is InChI=1S/C23H34O4/c1-13(24)18-7-8-19-17-6-5-15-11-16(26)9-10-22(15,3)21(17)20(27-14(2)25)12-23(18,19)4/h15,17-21H,5-12H2,1-4H3/t15-,17+,18+,19-,20-,21+,22+,23-/m1/s1. The maximum Gasteiger partial charge on any atom is 0.302 e. The average Bonchev–Trinajstić information content (AvgIpc) is 2.91. The van der Waals surface area contributed by atoms with Crippen molar-refractivity contribution < 1.29 is 19.1 Å². The number of fused-ring (bicyclic) bond motifs is 5. The van der Waals surface area contributed by atoms with Gasteiger partial charge in [-0.15, -0.1) is 0 Å². The van der Waals surface area contributed by atoms with Gasteiger partial charge in [-0.1, -0.05) is 13.8 Å². The zero-order valence-electron chi connectivity index (χ0n) is 17.3. The first kappa shape index (κ1) is 19.1. The SMILES string of the molecule is CC(=O)O[C@@H]1C[C@@]2(C)[C@H](CC[C@H]2C(C)=O)[C@@H]2CC[C@@H]3CC(=O)CC[C@]3(C)[C@@H]21. The molecule has 4 fully saturated rings. The number of ketones is 2. The molecule has 4 nitrogen and oxygen atoms in total. The minimum atomic E-state index is -0.212. The highest BCUT2D eigenvalue weighted by atomic mass is 16.5. The summed E-state index contributed by atoms with van der Waals surface area (Å²) in [7, 11) is 0. The summed E-state index contributed by atoms with van der Waals surface area (Å²) in [5.74, 6) is 2.38. The van der Waals surface area contributed by atoms with Crippen LogP contribution in [0.2, 0.25) is 0 Å². The molecule has 0 aromatic heterocycles. The van der Waals surface area contributed by atoms with Crippen LogP contribution in [0.5, 0.6) is 0 Å². The van der Waals surface area contributed by atoms with Gasteiger partial charge in [0.2, 0.25) is 0 Å². The molecule has 0 amide bonds. The maximum atomic E-state index is 12.4. The van der Waals surface area contributed by atoms with E-state index in [2.05, 4.69) is 13.8 Å². The van der Waals surface area contributed by atoms with Gasteiger partial charge in [0, 0.05) is 31.6 Å². The number of ether oxygens (including phenoxy) is 1. The van der Waals surface area contributed by atoms with Crippen molar-refractivity contribution >= 4 is 17.5 Å². The van der Waals surface area contributed by atoms with Gasteiger partial charge in [-0.25, -0.2) is 0 Å². The van der Waals surface area contributed by atoms with Crippen LogP contribution in [0, 0.1) is 40.4 Å². The van der Waals surface area contributed by atoms with Crippen LogP contribution in [-0.2, 0) is 19.1 Å². The quantitative estimate of drug-likeness (QED) is 0.675. The van der Waals surface area contributed by atoms with Gasteiger partial charge >= 0.3 is 5.97 Å². The first-order chi connectivity index (χ1) is 12.7. The molecule has 4 aliphatic carbocycles. The Balaban J connectivity index is 1.73. The van der Waals surface area contributed by atoms with Crippen LogP contribution in [0.15, 0.2) is 0 Å².